The Balaban J connectivity index is 1.88. The second kappa shape index (κ2) is 5.93. The fourth-order valence-electron chi connectivity index (χ4n) is 2.52. The molecule has 1 aromatic carbocycles. The van der Waals surface area contributed by atoms with Crippen molar-refractivity contribution in [1.29, 1.82) is 0 Å². The summed E-state index contributed by atoms with van der Waals surface area (Å²) in [5, 5.41) is 0. The van der Waals surface area contributed by atoms with Gasteiger partial charge in [-0.3, -0.25) is 0 Å². The summed E-state index contributed by atoms with van der Waals surface area (Å²) in [4.78, 5) is 2.35. The lowest BCUT2D eigenvalue weighted by Gasteiger charge is -2.20. The van der Waals surface area contributed by atoms with Crippen molar-refractivity contribution in [2.75, 3.05) is 27.2 Å². The van der Waals surface area contributed by atoms with Crippen molar-refractivity contribution in [3.8, 4) is 5.75 Å². The number of hydrogen-bond donors (Lipinski definition) is 1. The first-order chi connectivity index (χ1) is 9.06. The summed E-state index contributed by atoms with van der Waals surface area (Å²) in [6.45, 7) is 4.25. The summed E-state index contributed by atoms with van der Waals surface area (Å²) in [6, 6.07) is 6.52. The number of rotatable bonds is 7. The maximum absolute atomic E-state index is 6.14. The molecule has 19 heavy (non-hydrogen) atoms. The highest BCUT2D eigenvalue weighted by atomic mass is 16.5. The third-order valence-corrected chi connectivity index (χ3v) is 3.98. The summed E-state index contributed by atoms with van der Waals surface area (Å²) in [6.07, 6.45) is 4.45. The van der Waals surface area contributed by atoms with Gasteiger partial charge in [-0.25, -0.2) is 0 Å². The Labute approximate surface area is 116 Å². The van der Waals surface area contributed by atoms with E-state index in [0.29, 0.717) is 0 Å². The van der Waals surface area contributed by atoms with Crippen LogP contribution in [-0.2, 0) is 12.8 Å². The molecule has 0 aliphatic heterocycles. The van der Waals surface area contributed by atoms with Gasteiger partial charge in [0, 0.05) is 18.6 Å². The number of benzene rings is 1. The minimum absolute atomic E-state index is 0.114. The van der Waals surface area contributed by atoms with Crippen LogP contribution in [-0.4, -0.2) is 37.7 Å². The van der Waals surface area contributed by atoms with Crippen LogP contribution in [0.15, 0.2) is 18.2 Å². The van der Waals surface area contributed by atoms with Crippen molar-refractivity contribution < 1.29 is 4.74 Å². The maximum atomic E-state index is 6.14. The number of likely N-dealkylation sites (N-methyl/N-ethyl adjacent to an activating group) is 1. The maximum Gasteiger partial charge on any atom is 0.122 e. The Morgan fingerprint density at radius 1 is 1.37 bits per heavy atom. The Hall–Kier alpha value is -1.06. The lowest BCUT2D eigenvalue weighted by atomic mass is 10.0. The van der Waals surface area contributed by atoms with Gasteiger partial charge in [-0.15, -0.1) is 0 Å². The third kappa shape index (κ3) is 3.95. The monoisotopic (exact) mass is 262 g/mol. The summed E-state index contributed by atoms with van der Waals surface area (Å²) in [5.41, 5.74) is 8.93. The van der Waals surface area contributed by atoms with Crippen LogP contribution in [0.3, 0.4) is 0 Å². The molecular weight excluding hydrogens is 236 g/mol. The predicted octanol–water partition coefficient (Wildman–Crippen LogP) is 2.22. The summed E-state index contributed by atoms with van der Waals surface area (Å²) < 4.78 is 5.36. The molecule has 0 saturated heterocycles. The van der Waals surface area contributed by atoms with Crippen LogP contribution in [0.5, 0.6) is 5.75 Å². The molecule has 0 atom stereocenters. The topological polar surface area (TPSA) is 38.5 Å². The Kier molecular flexibility index (Phi) is 4.48. The molecule has 3 nitrogen and oxygen atoms in total. The van der Waals surface area contributed by atoms with Gasteiger partial charge < -0.3 is 15.4 Å². The molecule has 2 rings (SSSR count). The normalized spacial score (nSPS) is 16.7. The number of nitrogens with two attached hydrogens (primary N) is 1. The van der Waals surface area contributed by atoms with Crippen molar-refractivity contribution in [3.05, 3.63) is 29.3 Å². The predicted molar refractivity (Wildman–Crippen MR) is 79.7 cm³/mol. The molecule has 1 aliphatic rings. The minimum Gasteiger partial charge on any atom is -0.496 e. The zero-order valence-corrected chi connectivity index (χ0v) is 12.4. The van der Waals surface area contributed by atoms with Crippen molar-refractivity contribution in [2.24, 2.45) is 5.73 Å². The van der Waals surface area contributed by atoms with Gasteiger partial charge >= 0.3 is 0 Å². The number of hydrogen-bond acceptors (Lipinski definition) is 3. The largest absolute Gasteiger partial charge is 0.496 e. The molecule has 0 bridgehead atoms. The molecule has 0 heterocycles. The van der Waals surface area contributed by atoms with E-state index in [2.05, 4.69) is 37.1 Å². The fraction of sp³-hybridized carbons (Fsp3) is 0.625. The van der Waals surface area contributed by atoms with Gasteiger partial charge in [0.25, 0.3) is 0 Å². The molecule has 106 valence electrons. The van der Waals surface area contributed by atoms with Gasteiger partial charge in [-0.1, -0.05) is 19.1 Å². The van der Waals surface area contributed by atoms with Crippen molar-refractivity contribution >= 4 is 0 Å². The van der Waals surface area contributed by atoms with E-state index in [-0.39, 0.29) is 5.54 Å². The molecule has 0 amide bonds. The van der Waals surface area contributed by atoms with Gasteiger partial charge in [-0.05, 0) is 49.9 Å². The zero-order chi connectivity index (χ0) is 13.9. The molecule has 0 aromatic heterocycles. The quantitative estimate of drug-likeness (QED) is 0.819. The minimum atomic E-state index is 0.114. The summed E-state index contributed by atoms with van der Waals surface area (Å²) in [7, 11) is 3.90. The second-order valence-corrected chi connectivity index (χ2v) is 5.85. The van der Waals surface area contributed by atoms with Gasteiger partial charge in [0.05, 0.1) is 7.11 Å². The smallest absolute Gasteiger partial charge is 0.122 e. The average Bonchev–Trinajstić information content (AvgIpc) is 3.13. The molecule has 1 aromatic rings. The fourth-order valence-corrected chi connectivity index (χ4v) is 2.52. The van der Waals surface area contributed by atoms with E-state index in [0.717, 1.165) is 31.7 Å². The summed E-state index contributed by atoms with van der Waals surface area (Å²) >= 11 is 0. The molecule has 1 fully saturated rings. The number of aryl methyl sites for hydroxylation is 1. The molecule has 0 spiro atoms. The van der Waals surface area contributed by atoms with Crippen molar-refractivity contribution in [3.63, 3.8) is 0 Å². The molecule has 1 aliphatic carbocycles. The molecule has 2 N–H and O–H groups in total. The van der Waals surface area contributed by atoms with Gasteiger partial charge in [0.15, 0.2) is 0 Å². The molecule has 0 radical (unpaired) electrons. The molecular formula is C16H26N2O. The van der Waals surface area contributed by atoms with E-state index in [1.807, 2.05) is 0 Å². The number of ether oxygens (including phenoxy) is 1. The SMILES string of the molecule is CCc1cc(CCN(C)CC2(N)CC2)ccc1OC. The van der Waals surface area contributed by atoms with E-state index >= 15 is 0 Å². The van der Waals surface area contributed by atoms with Crippen molar-refractivity contribution in [1.82, 2.24) is 4.90 Å². The van der Waals surface area contributed by atoms with E-state index in [9.17, 15) is 0 Å². The Bertz CT molecular complexity index is 427. The van der Waals surface area contributed by atoms with Gasteiger partial charge in [-0.2, -0.15) is 0 Å². The third-order valence-electron chi connectivity index (χ3n) is 3.98. The van der Waals surface area contributed by atoms with Crippen LogP contribution < -0.4 is 10.5 Å². The van der Waals surface area contributed by atoms with E-state index in [4.69, 9.17) is 10.5 Å². The van der Waals surface area contributed by atoms with E-state index in [1.54, 1.807) is 7.11 Å². The number of methoxy groups -OCH3 is 1. The zero-order valence-electron chi connectivity index (χ0n) is 12.4. The highest BCUT2D eigenvalue weighted by Crippen LogP contribution is 2.32. The molecule has 1 saturated carbocycles. The van der Waals surface area contributed by atoms with Crippen LogP contribution in [0.4, 0.5) is 0 Å². The standard InChI is InChI=1S/C16H26N2O/c1-4-14-11-13(5-6-15(14)19-3)7-10-18(2)12-16(17)8-9-16/h5-6,11H,4,7-10,12,17H2,1-3H3. The summed E-state index contributed by atoms with van der Waals surface area (Å²) in [5.74, 6) is 0.999. The van der Waals surface area contributed by atoms with E-state index in [1.165, 1.54) is 24.0 Å². The lowest BCUT2D eigenvalue weighted by molar-refractivity contribution is 0.306. The first-order valence-electron chi connectivity index (χ1n) is 7.19. The highest BCUT2D eigenvalue weighted by Gasteiger charge is 2.38. The van der Waals surface area contributed by atoms with Crippen LogP contribution in [0.2, 0.25) is 0 Å². The van der Waals surface area contributed by atoms with Crippen LogP contribution in [0.25, 0.3) is 0 Å². The van der Waals surface area contributed by atoms with Gasteiger partial charge in [0.2, 0.25) is 0 Å². The second-order valence-electron chi connectivity index (χ2n) is 5.85. The first kappa shape index (κ1) is 14.4. The van der Waals surface area contributed by atoms with Crippen LogP contribution in [0.1, 0.15) is 30.9 Å². The van der Waals surface area contributed by atoms with Crippen LogP contribution >= 0.6 is 0 Å². The average molecular weight is 262 g/mol. The Morgan fingerprint density at radius 2 is 2.11 bits per heavy atom. The van der Waals surface area contributed by atoms with Gasteiger partial charge in [0.1, 0.15) is 5.75 Å². The van der Waals surface area contributed by atoms with Crippen LogP contribution in [0, 0.1) is 0 Å². The molecule has 3 heteroatoms. The first-order valence-corrected chi connectivity index (χ1v) is 7.19. The molecule has 0 unspecified atom stereocenters. The Morgan fingerprint density at radius 3 is 2.68 bits per heavy atom. The number of nitrogens with zero attached hydrogens (tertiary/aromatic N) is 1. The lowest BCUT2D eigenvalue weighted by Crippen LogP contribution is -2.38. The van der Waals surface area contributed by atoms with E-state index < -0.39 is 0 Å². The highest BCUT2D eigenvalue weighted by molar-refractivity contribution is 5.37. The van der Waals surface area contributed by atoms with Crippen molar-refractivity contribution in [2.45, 2.75) is 38.1 Å².